The molecule has 1 aromatic carbocycles. The number of carbonyl (C=O) groups excluding carboxylic acids is 1. The van der Waals surface area contributed by atoms with Crippen molar-refractivity contribution in [2.24, 2.45) is 5.92 Å². The lowest BCUT2D eigenvalue weighted by molar-refractivity contribution is -0.159. The van der Waals surface area contributed by atoms with E-state index >= 15 is 0 Å². The monoisotopic (exact) mass is 384 g/mol. The van der Waals surface area contributed by atoms with Crippen molar-refractivity contribution in [3.05, 3.63) is 34.9 Å². The Morgan fingerprint density at radius 2 is 1.58 bits per heavy atom. The molecule has 1 heterocycles. The van der Waals surface area contributed by atoms with Gasteiger partial charge in [-0.15, -0.1) is 0 Å². The Morgan fingerprint density at radius 3 is 2.04 bits per heavy atom. The summed E-state index contributed by atoms with van der Waals surface area (Å²) in [5.74, 6) is -2.92. The normalized spacial score (nSPS) is 14.5. The average molecular weight is 385 g/mol. The number of amides is 1. The third kappa shape index (κ3) is 7.84. The van der Waals surface area contributed by atoms with Gasteiger partial charge < -0.3 is 15.1 Å². The van der Waals surface area contributed by atoms with E-state index < -0.39 is 11.9 Å². The Balaban J connectivity index is 0.000000487. The van der Waals surface area contributed by atoms with Crippen LogP contribution in [-0.2, 0) is 20.9 Å². The first-order valence-electron chi connectivity index (χ1n) is 8.40. The molecule has 0 aliphatic carbocycles. The average Bonchev–Trinajstić information content (AvgIpc) is 2.57. The molecule has 2 rings (SSSR count). The largest absolute Gasteiger partial charge is 0.473 e. The molecule has 1 aromatic rings. The standard InChI is InChI=1S/C16H23ClN2O.C2H2O4/c1-13(2)11-16(20)19-9-7-18(8-10-19)12-14-5-3-4-6-15(14)17;3-1(4)2(5)6/h3-6,13H,7-12H2,1-2H3;(H,3,4)(H,5,6). The Labute approximate surface area is 158 Å². The van der Waals surface area contributed by atoms with Gasteiger partial charge in [0.1, 0.15) is 0 Å². The molecule has 0 aromatic heterocycles. The predicted octanol–water partition coefficient (Wildman–Crippen LogP) is 2.19. The number of benzene rings is 1. The summed E-state index contributed by atoms with van der Waals surface area (Å²) in [6, 6.07) is 7.97. The number of aliphatic carboxylic acids is 2. The smallest absolute Gasteiger partial charge is 0.414 e. The molecule has 26 heavy (non-hydrogen) atoms. The lowest BCUT2D eigenvalue weighted by atomic mass is 10.1. The third-order valence-electron chi connectivity index (χ3n) is 3.84. The summed E-state index contributed by atoms with van der Waals surface area (Å²) in [6.45, 7) is 8.55. The summed E-state index contributed by atoms with van der Waals surface area (Å²) in [5, 5.41) is 15.6. The van der Waals surface area contributed by atoms with E-state index in [1.165, 1.54) is 0 Å². The van der Waals surface area contributed by atoms with Gasteiger partial charge in [0.2, 0.25) is 5.91 Å². The van der Waals surface area contributed by atoms with E-state index in [1.54, 1.807) is 0 Å². The molecule has 144 valence electrons. The highest BCUT2D eigenvalue weighted by Crippen LogP contribution is 2.18. The molecule has 0 atom stereocenters. The van der Waals surface area contributed by atoms with E-state index in [4.69, 9.17) is 31.4 Å². The number of hydrogen-bond donors (Lipinski definition) is 2. The van der Waals surface area contributed by atoms with Crippen molar-refractivity contribution >= 4 is 29.4 Å². The van der Waals surface area contributed by atoms with Crippen LogP contribution in [0.1, 0.15) is 25.8 Å². The highest BCUT2D eigenvalue weighted by molar-refractivity contribution is 6.31. The van der Waals surface area contributed by atoms with Crippen molar-refractivity contribution in [3.8, 4) is 0 Å². The zero-order chi connectivity index (χ0) is 19.7. The van der Waals surface area contributed by atoms with Crippen molar-refractivity contribution in [3.63, 3.8) is 0 Å². The van der Waals surface area contributed by atoms with Crippen LogP contribution >= 0.6 is 11.6 Å². The van der Waals surface area contributed by atoms with Gasteiger partial charge in [-0.1, -0.05) is 43.6 Å². The highest BCUT2D eigenvalue weighted by atomic mass is 35.5. The van der Waals surface area contributed by atoms with E-state index in [1.807, 2.05) is 23.1 Å². The Kier molecular flexibility index (Phi) is 9.09. The number of rotatable bonds is 4. The lowest BCUT2D eigenvalue weighted by Crippen LogP contribution is -2.48. The van der Waals surface area contributed by atoms with Crippen LogP contribution in [0.15, 0.2) is 24.3 Å². The van der Waals surface area contributed by atoms with Gasteiger partial charge in [0.05, 0.1) is 0 Å². The van der Waals surface area contributed by atoms with E-state index in [0.29, 0.717) is 12.3 Å². The molecular weight excluding hydrogens is 360 g/mol. The van der Waals surface area contributed by atoms with Gasteiger partial charge in [-0.25, -0.2) is 9.59 Å². The molecule has 1 fully saturated rings. The second-order valence-electron chi connectivity index (χ2n) is 6.46. The van der Waals surface area contributed by atoms with Crippen LogP contribution in [0.25, 0.3) is 0 Å². The second-order valence-corrected chi connectivity index (χ2v) is 6.86. The van der Waals surface area contributed by atoms with Crippen LogP contribution in [0.5, 0.6) is 0 Å². The number of carbonyl (C=O) groups is 3. The first kappa shape index (κ1) is 21.9. The number of carboxylic acid groups (broad SMARTS) is 2. The Morgan fingerprint density at radius 1 is 1.04 bits per heavy atom. The molecule has 1 aliphatic rings. The second kappa shape index (κ2) is 10.8. The van der Waals surface area contributed by atoms with Crippen LogP contribution in [0.4, 0.5) is 0 Å². The molecular formula is C18H25ClN2O5. The van der Waals surface area contributed by atoms with Crippen molar-refractivity contribution in [2.75, 3.05) is 26.2 Å². The summed E-state index contributed by atoms with van der Waals surface area (Å²) >= 11 is 6.19. The summed E-state index contributed by atoms with van der Waals surface area (Å²) in [5.41, 5.74) is 1.16. The SMILES string of the molecule is CC(C)CC(=O)N1CCN(Cc2ccccc2Cl)CC1.O=C(O)C(=O)O. The topological polar surface area (TPSA) is 98.2 Å². The van der Waals surface area contributed by atoms with E-state index in [2.05, 4.69) is 24.8 Å². The molecule has 0 spiro atoms. The summed E-state index contributed by atoms with van der Waals surface area (Å²) in [4.78, 5) is 34.6. The van der Waals surface area contributed by atoms with Crippen LogP contribution in [0.2, 0.25) is 5.02 Å². The first-order chi connectivity index (χ1) is 12.2. The maximum absolute atomic E-state index is 12.0. The Bertz CT molecular complexity index is 616. The minimum Gasteiger partial charge on any atom is -0.473 e. The fourth-order valence-corrected chi connectivity index (χ4v) is 2.70. The highest BCUT2D eigenvalue weighted by Gasteiger charge is 2.21. The van der Waals surface area contributed by atoms with Crippen molar-refractivity contribution in [1.29, 1.82) is 0 Å². The van der Waals surface area contributed by atoms with Crippen molar-refractivity contribution in [1.82, 2.24) is 9.80 Å². The molecule has 0 radical (unpaired) electrons. The Hall–Kier alpha value is -2.12. The number of nitrogens with zero attached hydrogens (tertiary/aromatic N) is 2. The van der Waals surface area contributed by atoms with E-state index in [9.17, 15) is 4.79 Å². The third-order valence-corrected chi connectivity index (χ3v) is 4.21. The zero-order valence-electron chi connectivity index (χ0n) is 15.0. The zero-order valence-corrected chi connectivity index (χ0v) is 15.8. The molecule has 1 saturated heterocycles. The van der Waals surface area contributed by atoms with Crippen LogP contribution < -0.4 is 0 Å². The van der Waals surface area contributed by atoms with Gasteiger partial charge in [-0.2, -0.15) is 0 Å². The molecule has 0 unspecified atom stereocenters. The number of hydrogen-bond acceptors (Lipinski definition) is 4. The summed E-state index contributed by atoms with van der Waals surface area (Å²) < 4.78 is 0. The van der Waals surface area contributed by atoms with Crippen molar-refractivity contribution in [2.45, 2.75) is 26.8 Å². The van der Waals surface area contributed by atoms with Crippen molar-refractivity contribution < 1.29 is 24.6 Å². The molecule has 0 bridgehead atoms. The molecule has 7 nitrogen and oxygen atoms in total. The van der Waals surface area contributed by atoms with Gasteiger partial charge in [-0.3, -0.25) is 9.69 Å². The van der Waals surface area contributed by atoms with Crippen LogP contribution in [-0.4, -0.2) is 64.0 Å². The first-order valence-corrected chi connectivity index (χ1v) is 8.78. The minimum atomic E-state index is -1.82. The van der Waals surface area contributed by atoms with Gasteiger partial charge in [0.15, 0.2) is 0 Å². The van der Waals surface area contributed by atoms with Crippen LogP contribution in [0, 0.1) is 5.92 Å². The fraction of sp³-hybridized carbons (Fsp3) is 0.500. The van der Waals surface area contributed by atoms with Gasteiger partial charge in [0, 0.05) is 44.2 Å². The molecule has 1 amide bonds. The number of halogens is 1. The number of piperazine rings is 1. The molecule has 8 heteroatoms. The van der Waals surface area contributed by atoms with Gasteiger partial charge >= 0.3 is 11.9 Å². The summed E-state index contributed by atoms with van der Waals surface area (Å²) in [7, 11) is 0. The van der Waals surface area contributed by atoms with Crippen LogP contribution in [0.3, 0.4) is 0 Å². The molecule has 2 N–H and O–H groups in total. The van der Waals surface area contributed by atoms with Gasteiger partial charge in [0.25, 0.3) is 0 Å². The summed E-state index contributed by atoms with van der Waals surface area (Å²) in [6.07, 6.45) is 0.657. The van der Waals surface area contributed by atoms with E-state index in [-0.39, 0.29) is 5.91 Å². The lowest BCUT2D eigenvalue weighted by Gasteiger charge is -2.35. The maximum atomic E-state index is 12.0. The molecule has 1 aliphatic heterocycles. The van der Waals surface area contributed by atoms with Gasteiger partial charge in [-0.05, 0) is 17.5 Å². The molecule has 0 saturated carbocycles. The predicted molar refractivity (Wildman–Crippen MR) is 98.0 cm³/mol. The fourth-order valence-electron chi connectivity index (χ4n) is 2.50. The quantitative estimate of drug-likeness (QED) is 0.772. The maximum Gasteiger partial charge on any atom is 0.414 e. The van der Waals surface area contributed by atoms with E-state index in [0.717, 1.165) is 43.3 Å². The number of carboxylic acids is 2. The minimum absolute atomic E-state index is 0.289.